The molecule has 0 spiro atoms. The summed E-state index contributed by atoms with van der Waals surface area (Å²) in [6.07, 6.45) is 0.195. The van der Waals surface area contributed by atoms with Gasteiger partial charge in [0, 0.05) is 6.08 Å². The highest BCUT2D eigenvalue weighted by Crippen LogP contribution is 1.92. The van der Waals surface area contributed by atoms with Gasteiger partial charge in [0.1, 0.15) is 18.9 Å². The maximum Gasteiger partial charge on any atom is 0.411 e. The number of carbonyl (C=O) groups is 3. The van der Waals surface area contributed by atoms with E-state index in [9.17, 15) is 14.4 Å². The second-order valence-electron chi connectivity index (χ2n) is 2.83. The molecule has 0 saturated carbocycles. The summed E-state index contributed by atoms with van der Waals surface area (Å²) in [6, 6.07) is 0. The second kappa shape index (κ2) is 8.80. The Morgan fingerprint density at radius 2 is 1.78 bits per heavy atom. The lowest BCUT2D eigenvalue weighted by atomic mass is 10.5. The van der Waals surface area contributed by atoms with Gasteiger partial charge in [0.25, 0.3) is 0 Å². The summed E-state index contributed by atoms with van der Waals surface area (Å²) in [5.41, 5.74) is -0.261. The molecule has 0 heterocycles. The fraction of sp³-hybridized carbons (Fsp3) is 0.364. The number of hydrogen-bond acceptors (Lipinski definition) is 6. The Kier molecular flexibility index (Phi) is 7.67. The van der Waals surface area contributed by atoms with Gasteiger partial charge in [-0.1, -0.05) is 13.2 Å². The van der Waals surface area contributed by atoms with Gasteiger partial charge in [0.15, 0.2) is 0 Å². The summed E-state index contributed by atoms with van der Waals surface area (Å²) >= 11 is 0. The Hall–Kier alpha value is -2.31. The molecule has 0 fully saturated rings. The molecule has 0 aromatic heterocycles. The molecule has 18 heavy (non-hydrogen) atoms. The van der Waals surface area contributed by atoms with Gasteiger partial charge in [-0.3, -0.25) is 5.32 Å². The zero-order valence-electron chi connectivity index (χ0n) is 10.1. The Bertz CT molecular complexity index is 349. The largest absolute Gasteiger partial charge is 0.459 e. The van der Waals surface area contributed by atoms with Crippen molar-refractivity contribution in [2.75, 3.05) is 19.8 Å². The lowest BCUT2D eigenvalue weighted by molar-refractivity contribution is -0.146. The van der Waals surface area contributed by atoms with E-state index in [1.807, 2.05) is 0 Å². The topological polar surface area (TPSA) is 90.9 Å². The molecule has 0 rings (SSSR count). The van der Waals surface area contributed by atoms with Gasteiger partial charge < -0.3 is 14.2 Å². The van der Waals surface area contributed by atoms with Crippen LogP contribution in [0.3, 0.4) is 0 Å². The maximum atomic E-state index is 11.2. The molecule has 0 aliphatic rings. The minimum Gasteiger partial charge on any atom is -0.459 e. The molecule has 0 unspecified atom stereocenters. The summed E-state index contributed by atoms with van der Waals surface area (Å²) < 4.78 is 13.8. The van der Waals surface area contributed by atoms with Crippen LogP contribution in [0, 0.1) is 0 Å². The van der Waals surface area contributed by atoms with Crippen molar-refractivity contribution in [3.8, 4) is 0 Å². The molecular weight excluding hydrogens is 242 g/mol. The lowest BCUT2D eigenvalue weighted by Gasteiger charge is -2.08. The first-order valence-corrected chi connectivity index (χ1v) is 5.10. The number of esters is 2. The van der Waals surface area contributed by atoms with E-state index in [0.29, 0.717) is 0 Å². The number of carbonyl (C=O) groups excluding carboxylic acids is 3. The van der Waals surface area contributed by atoms with Gasteiger partial charge >= 0.3 is 18.0 Å². The second-order valence-corrected chi connectivity index (χ2v) is 2.83. The highest BCUT2D eigenvalue weighted by molar-refractivity contribution is 5.91. The summed E-state index contributed by atoms with van der Waals surface area (Å²) in [6.45, 7) is 8.02. The van der Waals surface area contributed by atoms with E-state index in [-0.39, 0.29) is 25.5 Å². The van der Waals surface area contributed by atoms with Gasteiger partial charge in [-0.05, 0) is 6.92 Å². The Labute approximate surface area is 104 Å². The molecule has 7 nitrogen and oxygen atoms in total. The zero-order chi connectivity index (χ0) is 14.0. The Morgan fingerprint density at radius 1 is 1.17 bits per heavy atom. The van der Waals surface area contributed by atoms with E-state index in [1.54, 1.807) is 6.92 Å². The van der Waals surface area contributed by atoms with Crippen LogP contribution >= 0.6 is 0 Å². The van der Waals surface area contributed by atoms with Crippen LogP contribution < -0.4 is 5.32 Å². The maximum absolute atomic E-state index is 11.2. The first-order chi connectivity index (χ1) is 8.51. The number of hydrogen-bond donors (Lipinski definition) is 1. The molecule has 0 aromatic rings. The van der Waals surface area contributed by atoms with Gasteiger partial charge in [0.05, 0.1) is 6.61 Å². The fourth-order valence-electron chi connectivity index (χ4n) is 0.764. The molecule has 0 aromatic carbocycles. The Morgan fingerprint density at radius 3 is 2.33 bits per heavy atom. The predicted molar refractivity (Wildman–Crippen MR) is 61.4 cm³/mol. The molecule has 0 aliphatic heterocycles. The molecule has 0 aliphatic carbocycles. The van der Waals surface area contributed by atoms with Crippen LogP contribution in [-0.2, 0) is 23.8 Å². The van der Waals surface area contributed by atoms with Crippen LogP contribution in [0.4, 0.5) is 4.79 Å². The third-order valence-corrected chi connectivity index (χ3v) is 1.50. The van der Waals surface area contributed by atoms with Gasteiger partial charge in [-0.2, -0.15) is 0 Å². The van der Waals surface area contributed by atoms with Crippen molar-refractivity contribution >= 4 is 18.0 Å². The van der Waals surface area contributed by atoms with E-state index in [0.717, 1.165) is 6.08 Å². The molecule has 1 N–H and O–H groups in total. The molecule has 7 heteroatoms. The van der Waals surface area contributed by atoms with Crippen molar-refractivity contribution in [2.24, 2.45) is 0 Å². The third-order valence-electron chi connectivity index (χ3n) is 1.50. The first-order valence-electron chi connectivity index (χ1n) is 5.10. The van der Waals surface area contributed by atoms with Crippen molar-refractivity contribution in [3.63, 3.8) is 0 Å². The summed E-state index contributed by atoms with van der Waals surface area (Å²) in [5.74, 6) is -1.45. The van der Waals surface area contributed by atoms with Crippen molar-refractivity contribution in [1.82, 2.24) is 5.32 Å². The fourth-order valence-corrected chi connectivity index (χ4v) is 0.764. The molecule has 0 saturated heterocycles. The minimum atomic E-state index is -0.835. The summed E-state index contributed by atoms with van der Waals surface area (Å²) in [5, 5.41) is 2.09. The lowest BCUT2D eigenvalue weighted by Crippen LogP contribution is -2.29. The van der Waals surface area contributed by atoms with Crippen LogP contribution in [0.25, 0.3) is 0 Å². The summed E-state index contributed by atoms with van der Waals surface area (Å²) in [7, 11) is 0. The molecular formula is C11H15NO6. The number of rotatable bonds is 7. The van der Waals surface area contributed by atoms with Crippen molar-refractivity contribution in [1.29, 1.82) is 0 Å². The summed E-state index contributed by atoms with van der Waals surface area (Å²) in [4.78, 5) is 32.8. The number of amides is 1. The van der Waals surface area contributed by atoms with Crippen molar-refractivity contribution in [2.45, 2.75) is 6.92 Å². The normalized spacial score (nSPS) is 8.94. The third kappa shape index (κ3) is 7.04. The van der Waals surface area contributed by atoms with Crippen molar-refractivity contribution in [3.05, 3.63) is 24.9 Å². The SMILES string of the molecule is C=CC(=O)OCCOC(=O)C(=C)NC(=O)OCC. The highest BCUT2D eigenvalue weighted by Gasteiger charge is 2.12. The average Bonchev–Trinajstić information content (AvgIpc) is 2.34. The van der Waals surface area contributed by atoms with Crippen LogP contribution in [0.15, 0.2) is 24.9 Å². The monoisotopic (exact) mass is 257 g/mol. The predicted octanol–water partition coefficient (Wildman–Crippen LogP) is 0.519. The van der Waals surface area contributed by atoms with Gasteiger partial charge in [-0.25, -0.2) is 14.4 Å². The van der Waals surface area contributed by atoms with E-state index in [1.165, 1.54) is 0 Å². The van der Waals surface area contributed by atoms with Crippen LogP contribution in [-0.4, -0.2) is 37.9 Å². The first kappa shape index (κ1) is 15.7. The quantitative estimate of drug-likeness (QED) is 0.309. The average molecular weight is 257 g/mol. The van der Waals surface area contributed by atoms with E-state index >= 15 is 0 Å². The van der Waals surface area contributed by atoms with E-state index in [4.69, 9.17) is 0 Å². The smallest absolute Gasteiger partial charge is 0.411 e. The molecule has 0 bridgehead atoms. The van der Waals surface area contributed by atoms with Gasteiger partial charge in [0.2, 0.25) is 0 Å². The number of alkyl carbamates (subject to hydrolysis) is 1. The Balaban J connectivity index is 3.81. The minimum absolute atomic E-state index is 0.108. The van der Waals surface area contributed by atoms with Crippen molar-refractivity contribution < 1.29 is 28.6 Å². The molecule has 0 radical (unpaired) electrons. The van der Waals surface area contributed by atoms with Crippen LogP contribution in [0.5, 0.6) is 0 Å². The van der Waals surface area contributed by atoms with E-state index < -0.39 is 18.0 Å². The van der Waals surface area contributed by atoms with Crippen LogP contribution in [0.2, 0.25) is 0 Å². The van der Waals surface area contributed by atoms with Gasteiger partial charge in [-0.15, -0.1) is 0 Å². The molecule has 0 atom stereocenters. The standard InChI is InChI=1S/C11H15NO6/c1-4-9(13)17-6-7-18-10(14)8(3)12-11(15)16-5-2/h4H,1,3,5-7H2,2H3,(H,12,15). The van der Waals surface area contributed by atoms with Crippen LogP contribution in [0.1, 0.15) is 6.92 Å². The number of nitrogens with one attached hydrogen (secondary N) is 1. The van der Waals surface area contributed by atoms with E-state index in [2.05, 4.69) is 32.7 Å². The molecule has 100 valence electrons. The highest BCUT2D eigenvalue weighted by atomic mass is 16.6. The molecule has 1 amide bonds. The zero-order valence-corrected chi connectivity index (χ0v) is 10.1. The number of ether oxygens (including phenoxy) is 3.